The van der Waals surface area contributed by atoms with Crippen LogP contribution in [0.1, 0.15) is 50.2 Å². The van der Waals surface area contributed by atoms with Gasteiger partial charge in [-0.3, -0.25) is 14.5 Å². The SMILES string of the molecule is CC1(CC(=O)NCC(=O)N2CCN(Cc3cc(Cl)ccc3OCc3ccc(P(C)(C)=O)cc3)CC2)CCC(F)(F)CC1. The van der Waals surface area contributed by atoms with Crippen molar-refractivity contribution in [1.82, 2.24) is 15.1 Å². The number of benzene rings is 2. The quantitative estimate of drug-likeness (QED) is 0.352. The molecule has 0 unspecified atom stereocenters. The van der Waals surface area contributed by atoms with E-state index in [2.05, 4.69) is 10.2 Å². The normalized spacial score (nSPS) is 18.9. The van der Waals surface area contributed by atoms with Gasteiger partial charge in [-0.1, -0.05) is 42.8 Å². The van der Waals surface area contributed by atoms with E-state index >= 15 is 0 Å². The van der Waals surface area contributed by atoms with Crippen LogP contribution in [0, 0.1) is 5.41 Å². The average molecular weight is 624 g/mol. The monoisotopic (exact) mass is 623 g/mol. The lowest BCUT2D eigenvalue weighted by atomic mass is 9.72. The van der Waals surface area contributed by atoms with Crippen molar-refractivity contribution in [2.24, 2.45) is 5.41 Å². The van der Waals surface area contributed by atoms with Crippen LogP contribution in [-0.4, -0.2) is 73.6 Å². The molecular weight excluding hydrogens is 583 g/mol. The first-order chi connectivity index (χ1) is 19.7. The van der Waals surface area contributed by atoms with Gasteiger partial charge < -0.3 is 19.5 Å². The van der Waals surface area contributed by atoms with E-state index in [0.29, 0.717) is 57.2 Å². The number of piperazine rings is 1. The number of ether oxygens (including phenoxy) is 1. The Labute approximate surface area is 252 Å². The molecule has 2 fully saturated rings. The first-order valence-electron chi connectivity index (χ1n) is 14.4. The zero-order chi connectivity index (χ0) is 30.5. The van der Waals surface area contributed by atoms with Gasteiger partial charge in [0.2, 0.25) is 17.7 Å². The number of alkyl halides is 2. The van der Waals surface area contributed by atoms with Crippen molar-refractivity contribution in [3.63, 3.8) is 0 Å². The van der Waals surface area contributed by atoms with Gasteiger partial charge in [-0.25, -0.2) is 8.78 Å². The summed E-state index contributed by atoms with van der Waals surface area (Å²) in [6.45, 7) is 8.64. The van der Waals surface area contributed by atoms with E-state index in [1.165, 1.54) is 0 Å². The number of nitrogens with one attached hydrogen (secondary N) is 1. The standard InChI is InChI=1S/C31H41ClF2N3O4P/c1-30(10-12-31(33,34)13-11-30)19-28(38)35-20-29(39)37-16-14-36(15-17-37)21-24-18-25(32)6-9-27(24)41-22-23-4-7-26(8-5-23)42(2,3)40/h4-9,18H,10-17,19-22H2,1-3H3,(H,35,38). The number of carbonyl (C=O) groups is 2. The van der Waals surface area contributed by atoms with Crippen molar-refractivity contribution in [2.45, 2.75) is 58.1 Å². The maximum atomic E-state index is 13.5. The van der Waals surface area contributed by atoms with E-state index in [0.717, 1.165) is 22.2 Å². The number of halogens is 3. The lowest BCUT2D eigenvalue weighted by molar-refractivity contribution is -0.135. The van der Waals surface area contributed by atoms with Crippen LogP contribution in [0.25, 0.3) is 0 Å². The van der Waals surface area contributed by atoms with Crippen LogP contribution in [0.4, 0.5) is 8.78 Å². The Hall–Kier alpha value is -2.48. The number of carbonyl (C=O) groups excluding carboxylic acids is 2. The molecule has 11 heteroatoms. The predicted octanol–water partition coefficient (Wildman–Crippen LogP) is 5.53. The molecular formula is C31H41ClF2N3O4P. The van der Waals surface area contributed by atoms with Gasteiger partial charge in [-0.2, -0.15) is 0 Å². The highest BCUT2D eigenvalue weighted by Crippen LogP contribution is 2.45. The second-order valence-corrected chi connectivity index (χ2v) is 16.0. The van der Waals surface area contributed by atoms with Gasteiger partial charge in [0.25, 0.3) is 0 Å². The Morgan fingerprint density at radius 2 is 1.64 bits per heavy atom. The van der Waals surface area contributed by atoms with Crippen LogP contribution in [-0.2, 0) is 27.3 Å². The molecule has 1 aliphatic heterocycles. The van der Waals surface area contributed by atoms with E-state index in [1.54, 1.807) is 24.3 Å². The maximum Gasteiger partial charge on any atom is 0.248 e. The van der Waals surface area contributed by atoms with Crippen molar-refractivity contribution in [1.29, 1.82) is 0 Å². The summed E-state index contributed by atoms with van der Waals surface area (Å²) in [6.07, 6.45) is 0.369. The molecule has 1 heterocycles. The molecule has 7 nitrogen and oxygen atoms in total. The first kappa shape index (κ1) is 32.4. The van der Waals surface area contributed by atoms with Crippen LogP contribution in [0.5, 0.6) is 5.75 Å². The number of rotatable bonds is 10. The largest absolute Gasteiger partial charge is 0.489 e. The molecule has 1 N–H and O–H groups in total. The summed E-state index contributed by atoms with van der Waals surface area (Å²) in [5.74, 6) is -2.32. The summed E-state index contributed by atoms with van der Waals surface area (Å²) in [6, 6.07) is 13.2. The lowest BCUT2D eigenvalue weighted by Gasteiger charge is -2.37. The molecule has 4 rings (SSSR count). The third-order valence-corrected chi connectivity index (χ3v) is 10.1. The van der Waals surface area contributed by atoms with Gasteiger partial charge in [0, 0.05) is 67.9 Å². The average Bonchev–Trinajstić information content (AvgIpc) is 2.93. The Morgan fingerprint density at radius 3 is 2.26 bits per heavy atom. The summed E-state index contributed by atoms with van der Waals surface area (Å²) in [4.78, 5) is 29.2. The highest BCUT2D eigenvalue weighted by Gasteiger charge is 2.41. The molecule has 2 aromatic carbocycles. The zero-order valence-electron chi connectivity index (χ0n) is 24.6. The molecule has 230 valence electrons. The minimum atomic E-state index is -2.64. The summed E-state index contributed by atoms with van der Waals surface area (Å²) in [5, 5.41) is 4.15. The summed E-state index contributed by atoms with van der Waals surface area (Å²) >= 11 is 6.30. The molecule has 2 aromatic rings. The van der Waals surface area contributed by atoms with Gasteiger partial charge in [0.1, 0.15) is 19.5 Å². The number of hydrogen-bond acceptors (Lipinski definition) is 5. The molecule has 0 atom stereocenters. The number of amides is 2. The third-order valence-electron chi connectivity index (χ3n) is 8.31. The smallest absolute Gasteiger partial charge is 0.248 e. The minimum Gasteiger partial charge on any atom is -0.489 e. The fraction of sp³-hybridized carbons (Fsp3) is 0.548. The van der Waals surface area contributed by atoms with Gasteiger partial charge in [0.15, 0.2) is 0 Å². The van der Waals surface area contributed by atoms with Crippen molar-refractivity contribution in [3.8, 4) is 5.75 Å². The van der Waals surface area contributed by atoms with Crippen LogP contribution >= 0.6 is 18.7 Å². The lowest BCUT2D eigenvalue weighted by Crippen LogP contribution is -2.51. The summed E-state index contributed by atoms with van der Waals surface area (Å²) in [7, 11) is -2.31. The van der Waals surface area contributed by atoms with Crippen molar-refractivity contribution in [3.05, 3.63) is 58.6 Å². The molecule has 1 saturated heterocycles. The molecule has 42 heavy (non-hydrogen) atoms. The van der Waals surface area contributed by atoms with Gasteiger partial charge in [-0.05, 0) is 55.3 Å². The molecule has 0 aromatic heterocycles. The predicted molar refractivity (Wildman–Crippen MR) is 162 cm³/mol. The molecule has 2 aliphatic rings. The fourth-order valence-electron chi connectivity index (χ4n) is 5.45. The van der Waals surface area contributed by atoms with Crippen molar-refractivity contribution < 1.29 is 27.7 Å². The Balaban J connectivity index is 1.23. The number of nitrogens with zero attached hydrogens (tertiary/aromatic N) is 2. The Kier molecular flexibility index (Phi) is 10.4. The summed E-state index contributed by atoms with van der Waals surface area (Å²) in [5.41, 5.74) is 1.47. The fourth-order valence-corrected chi connectivity index (χ4v) is 6.51. The van der Waals surface area contributed by atoms with E-state index < -0.39 is 18.5 Å². The van der Waals surface area contributed by atoms with Crippen LogP contribution < -0.4 is 15.4 Å². The molecule has 2 amide bonds. The van der Waals surface area contributed by atoms with E-state index in [4.69, 9.17) is 16.3 Å². The number of hydrogen-bond donors (Lipinski definition) is 1. The summed E-state index contributed by atoms with van der Waals surface area (Å²) < 4.78 is 45.4. The molecule has 0 bridgehead atoms. The molecule has 0 radical (unpaired) electrons. The van der Waals surface area contributed by atoms with E-state index in [-0.39, 0.29) is 37.6 Å². The third kappa shape index (κ3) is 9.26. The van der Waals surface area contributed by atoms with Crippen molar-refractivity contribution >= 4 is 35.9 Å². The zero-order valence-corrected chi connectivity index (χ0v) is 26.3. The highest BCUT2D eigenvalue weighted by molar-refractivity contribution is 7.70. The highest BCUT2D eigenvalue weighted by atomic mass is 35.5. The van der Waals surface area contributed by atoms with Crippen molar-refractivity contribution in [2.75, 3.05) is 46.1 Å². The van der Waals surface area contributed by atoms with Gasteiger partial charge in [0.05, 0.1) is 6.54 Å². The molecule has 0 spiro atoms. The first-order valence-corrected chi connectivity index (χ1v) is 17.4. The molecule has 1 saturated carbocycles. The van der Waals surface area contributed by atoms with Crippen LogP contribution in [0.2, 0.25) is 5.02 Å². The maximum absolute atomic E-state index is 13.5. The van der Waals surface area contributed by atoms with Gasteiger partial charge in [-0.15, -0.1) is 0 Å². The van der Waals surface area contributed by atoms with Crippen LogP contribution in [0.15, 0.2) is 42.5 Å². The Bertz CT molecular complexity index is 1300. The van der Waals surface area contributed by atoms with E-state index in [9.17, 15) is 22.9 Å². The second-order valence-electron chi connectivity index (χ2n) is 12.3. The topological polar surface area (TPSA) is 79.0 Å². The Morgan fingerprint density at radius 1 is 1.00 bits per heavy atom. The minimum absolute atomic E-state index is 0.0909. The van der Waals surface area contributed by atoms with Gasteiger partial charge >= 0.3 is 0 Å². The van der Waals surface area contributed by atoms with Crippen LogP contribution in [0.3, 0.4) is 0 Å². The second kappa shape index (κ2) is 13.4. The van der Waals surface area contributed by atoms with E-state index in [1.807, 2.05) is 43.3 Å². The molecule has 1 aliphatic carbocycles.